The zero-order chi connectivity index (χ0) is 16.9. The van der Waals surface area contributed by atoms with Crippen LogP contribution in [0.2, 0.25) is 0 Å². The fourth-order valence-corrected chi connectivity index (χ4v) is 3.51. The molecule has 0 bridgehead atoms. The van der Waals surface area contributed by atoms with E-state index in [0.717, 1.165) is 19.3 Å². The first-order valence-corrected chi connectivity index (χ1v) is 8.75. The lowest BCUT2D eigenvalue weighted by molar-refractivity contribution is -0.129. The topological polar surface area (TPSA) is 79.5 Å². The number of benzene rings is 1. The lowest BCUT2D eigenvalue weighted by atomic mass is 9.87. The zero-order valence-electron chi connectivity index (χ0n) is 14.0. The molecule has 0 spiro atoms. The van der Waals surface area contributed by atoms with Gasteiger partial charge in [0.05, 0.1) is 24.8 Å². The predicted molar refractivity (Wildman–Crippen MR) is 92.0 cm³/mol. The lowest BCUT2D eigenvalue weighted by Gasteiger charge is -2.40. The van der Waals surface area contributed by atoms with Crippen LogP contribution in [0.5, 0.6) is 5.75 Å². The van der Waals surface area contributed by atoms with E-state index >= 15 is 0 Å². The van der Waals surface area contributed by atoms with Gasteiger partial charge in [-0.25, -0.2) is 0 Å². The molecule has 1 heterocycles. The van der Waals surface area contributed by atoms with Crippen molar-refractivity contribution in [2.45, 2.75) is 57.2 Å². The van der Waals surface area contributed by atoms with E-state index in [4.69, 9.17) is 4.74 Å². The largest absolute Gasteiger partial charge is 0.492 e. The molecule has 3 atom stereocenters. The summed E-state index contributed by atoms with van der Waals surface area (Å²) in [4.78, 5) is 24.6. The van der Waals surface area contributed by atoms with Crippen LogP contribution in [0.15, 0.2) is 24.3 Å². The number of rotatable bonds is 5. The van der Waals surface area contributed by atoms with Crippen LogP contribution in [0.4, 0.5) is 5.69 Å². The van der Waals surface area contributed by atoms with E-state index in [1.54, 1.807) is 6.07 Å². The average molecular weight is 331 g/mol. The number of para-hydroxylation sites is 2. The summed E-state index contributed by atoms with van der Waals surface area (Å²) in [7, 11) is 0. The van der Waals surface area contributed by atoms with Crippen molar-refractivity contribution in [2.24, 2.45) is 0 Å². The van der Waals surface area contributed by atoms with Gasteiger partial charge in [-0.1, -0.05) is 25.0 Å². The maximum atomic E-state index is 12.4. The second-order valence-electron chi connectivity index (χ2n) is 6.41. The summed E-state index contributed by atoms with van der Waals surface area (Å²) in [5, 5.41) is 9.27. The fraction of sp³-hybridized carbons (Fsp3) is 0.556. The smallest absolute Gasteiger partial charge is 0.237 e. The molecule has 3 N–H and O–H groups in total. The molecule has 2 aliphatic rings. The molecule has 1 aliphatic carbocycles. The molecular formula is C18H25N3O3. The van der Waals surface area contributed by atoms with E-state index < -0.39 is 6.04 Å². The van der Waals surface area contributed by atoms with Gasteiger partial charge in [0.25, 0.3) is 0 Å². The molecule has 130 valence electrons. The molecule has 2 fully saturated rings. The molecule has 0 aromatic heterocycles. The number of anilines is 1. The highest BCUT2D eigenvalue weighted by atomic mass is 16.5. The second kappa shape index (κ2) is 7.66. The van der Waals surface area contributed by atoms with Crippen LogP contribution >= 0.6 is 0 Å². The van der Waals surface area contributed by atoms with Gasteiger partial charge in [-0.3, -0.25) is 9.59 Å². The molecule has 6 nitrogen and oxygen atoms in total. The summed E-state index contributed by atoms with van der Waals surface area (Å²) in [6.45, 7) is 2.43. The van der Waals surface area contributed by atoms with Crippen molar-refractivity contribution >= 4 is 17.5 Å². The van der Waals surface area contributed by atoms with Gasteiger partial charge in [0.1, 0.15) is 5.75 Å². The van der Waals surface area contributed by atoms with Gasteiger partial charge < -0.3 is 20.7 Å². The van der Waals surface area contributed by atoms with Crippen LogP contribution < -0.4 is 20.7 Å². The Bertz CT molecular complexity index is 605. The Kier molecular flexibility index (Phi) is 5.35. The number of hydrogen-bond acceptors (Lipinski definition) is 4. The van der Waals surface area contributed by atoms with Crippen LogP contribution in [0.3, 0.4) is 0 Å². The summed E-state index contributed by atoms with van der Waals surface area (Å²) in [5.74, 6) is 0.372. The Morgan fingerprint density at radius 3 is 2.79 bits per heavy atom. The van der Waals surface area contributed by atoms with Gasteiger partial charge in [0, 0.05) is 12.1 Å². The molecule has 1 aromatic rings. The molecule has 1 aromatic carbocycles. The molecule has 1 aliphatic heterocycles. The quantitative estimate of drug-likeness (QED) is 0.769. The van der Waals surface area contributed by atoms with Crippen LogP contribution in [-0.2, 0) is 9.59 Å². The standard InChI is InChI=1S/C18H25N3O3/c1-2-24-16-10-6-5-9-14(16)20-17(22)11-15-18(23)21-13-8-4-3-7-12(13)19-15/h5-6,9-10,12-13,15,19H,2-4,7-8,11H2,1H3,(H,20,22)(H,21,23)/t12-,13-,15+/m0/s1. The maximum Gasteiger partial charge on any atom is 0.237 e. The molecular weight excluding hydrogens is 306 g/mol. The summed E-state index contributed by atoms with van der Waals surface area (Å²) in [6.07, 6.45) is 4.52. The van der Waals surface area contributed by atoms with E-state index in [9.17, 15) is 9.59 Å². The number of hydrogen-bond donors (Lipinski definition) is 3. The van der Waals surface area contributed by atoms with E-state index in [1.165, 1.54) is 6.42 Å². The monoisotopic (exact) mass is 331 g/mol. The molecule has 6 heteroatoms. The number of carbonyl (C=O) groups excluding carboxylic acids is 2. The minimum Gasteiger partial charge on any atom is -0.492 e. The third kappa shape index (κ3) is 3.87. The first-order valence-electron chi connectivity index (χ1n) is 8.75. The Morgan fingerprint density at radius 1 is 1.25 bits per heavy atom. The third-order valence-corrected chi connectivity index (χ3v) is 4.68. The van der Waals surface area contributed by atoms with Crippen molar-refractivity contribution in [2.75, 3.05) is 11.9 Å². The van der Waals surface area contributed by atoms with Gasteiger partial charge in [-0.15, -0.1) is 0 Å². The lowest BCUT2D eigenvalue weighted by Crippen LogP contribution is -2.65. The van der Waals surface area contributed by atoms with Gasteiger partial charge in [-0.2, -0.15) is 0 Å². The van der Waals surface area contributed by atoms with Crippen molar-refractivity contribution in [1.82, 2.24) is 10.6 Å². The number of carbonyl (C=O) groups is 2. The summed E-state index contributed by atoms with van der Waals surface area (Å²) >= 11 is 0. The van der Waals surface area contributed by atoms with Gasteiger partial charge in [0.15, 0.2) is 0 Å². The average Bonchev–Trinajstić information content (AvgIpc) is 2.57. The second-order valence-corrected chi connectivity index (χ2v) is 6.41. The maximum absolute atomic E-state index is 12.4. The normalized spacial score (nSPS) is 26.2. The number of fused-ring (bicyclic) bond motifs is 1. The highest BCUT2D eigenvalue weighted by molar-refractivity contribution is 5.96. The number of amides is 2. The van der Waals surface area contributed by atoms with Crippen LogP contribution in [0.1, 0.15) is 39.0 Å². The predicted octanol–water partition coefficient (Wildman–Crippen LogP) is 1.81. The van der Waals surface area contributed by atoms with E-state index in [1.807, 2.05) is 25.1 Å². The van der Waals surface area contributed by atoms with Crippen molar-refractivity contribution < 1.29 is 14.3 Å². The number of nitrogens with one attached hydrogen (secondary N) is 3. The summed E-state index contributed by atoms with van der Waals surface area (Å²) < 4.78 is 5.51. The van der Waals surface area contributed by atoms with Crippen molar-refractivity contribution in [3.63, 3.8) is 0 Å². The van der Waals surface area contributed by atoms with Crippen LogP contribution in [-0.4, -0.2) is 36.5 Å². The molecule has 3 rings (SSSR count). The summed E-state index contributed by atoms with van der Waals surface area (Å²) in [5.41, 5.74) is 0.635. The van der Waals surface area contributed by atoms with Crippen molar-refractivity contribution in [3.05, 3.63) is 24.3 Å². The van der Waals surface area contributed by atoms with Gasteiger partial charge in [0.2, 0.25) is 11.8 Å². The highest BCUT2D eigenvalue weighted by Gasteiger charge is 2.36. The third-order valence-electron chi connectivity index (χ3n) is 4.68. The first kappa shape index (κ1) is 16.8. The minimum atomic E-state index is -0.469. The first-order chi connectivity index (χ1) is 11.7. The van der Waals surface area contributed by atoms with Crippen LogP contribution in [0.25, 0.3) is 0 Å². The molecule has 0 unspecified atom stereocenters. The molecule has 24 heavy (non-hydrogen) atoms. The Balaban J connectivity index is 1.59. The number of piperazine rings is 1. The van der Waals surface area contributed by atoms with Gasteiger partial charge >= 0.3 is 0 Å². The summed E-state index contributed by atoms with van der Waals surface area (Å²) in [6, 6.07) is 7.35. The fourth-order valence-electron chi connectivity index (χ4n) is 3.51. The highest BCUT2D eigenvalue weighted by Crippen LogP contribution is 2.25. The van der Waals surface area contributed by atoms with E-state index in [-0.39, 0.29) is 30.3 Å². The van der Waals surface area contributed by atoms with Crippen molar-refractivity contribution in [3.8, 4) is 5.75 Å². The van der Waals surface area contributed by atoms with Crippen molar-refractivity contribution in [1.29, 1.82) is 0 Å². The molecule has 0 radical (unpaired) electrons. The molecule has 2 amide bonds. The molecule has 1 saturated carbocycles. The van der Waals surface area contributed by atoms with E-state index in [2.05, 4.69) is 16.0 Å². The zero-order valence-corrected chi connectivity index (χ0v) is 14.0. The number of ether oxygens (including phenoxy) is 1. The Hall–Kier alpha value is -2.08. The van der Waals surface area contributed by atoms with E-state index in [0.29, 0.717) is 18.0 Å². The minimum absolute atomic E-state index is 0.0774. The van der Waals surface area contributed by atoms with Crippen LogP contribution in [0, 0.1) is 0 Å². The Labute approximate surface area is 142 Å². The SMILES string of the molecule is CCOc1ccccc1NC(=O)C[C@H]1N[C@H]2CCCC[C@@H]2NC1=O. The molecule has 1 saturated heterocycles. The van der Waals surface area contributed by atoms with Gasteiger partial charge in [-0.05, 0) is 31.9 Å². The Morgan fingerprint density at radius 2 is 2.00 bits per heavy atom.